The number of hydrogen-bond donors (Lipinski definition) is 0. The fourth-order valence-corrected chi connectivity index (χ4v) is 3.46. The molecule has 1 aromatic heterocycles. The Morgan fingerprint density at radius 2 is 1.47 bits per heavy atom. The van der Waals surface area contributed by atoms with Gasteiger partial charge in [0.05, 0.1) is 65.0 Å². The maximum Gasteiger partial charge on any atom is 0.153 e. The Labute approximate surface area is 190 Å². The van der Waals surface area contributed by atoms with Gasteiger partial charge in [-0.1, -0.05) is 31.2 Å². The molecule has 0 spiro atoms. The van der Waals surface area contributed by atoms with Crippen LogP contribution in [0.3, 0.4) is 0 Å². The molecule has 1 atom stereocenters. The Morgan fingerprint density at radius 3 is 2.09 bits per heavy atom. The quantitative estimate of drug-likeness (QED) is 0.636. The van der Waals surface area contributed by atoms with E-state index in [1.807, 2.05) is 28.9 Å². The number of fused-ring (bicyclic) bond motifs is 1. The maximum absolute atomic E-state index is 6.27. The second-order valence-electron chi connectivity index (χ2n) is 8.28. The highest BCUT2D eigenvalue weighted by Gasteiger charge is 2.18. The summed E-state index contributed by atoms with van der Waals surface area (Å²) in [6, 6.07) is 8.00. The Balaban J connectivity index is 1.59. The van der Waals surface area contributed by atoms with Gasteiger partial charge in [-0.3, -0.25) is 4.90 Å². The van der Waals surface area contributed by atoms with Crippen molar-refractivity contribution in [3.63, 3.8) is 0 Å². The summed E-state index contributed by atoms with van der Waals surface area (Å²) in [5.41, 5.74) is 1.87. The Morgan fingerprint density at radius 1 is 0.875 bits per heavy atom. The average molecular weight is 451 g/mol. The number of nitrogens with zero attached hydrogens (tertiary/aromatic N) is 4. The summed E-state index contributed by atoms with van der Waals surface area (Å²) >= 11 is 0. The molecule has 180 valence electrons. The van der Waals surface area contributed by atoms with Crippen LogP contribution >= 0.6 is 0 Å². The molecule has 0 bridgehead atoms. The van der Waals surface area contributed by atoms with Crippen molar-refractivity contribution in [2.75, 3.05) is 79.1 Å². The van der Waals surface area contributed by atoms with Crippen LogP contribution < -0.4 is 0 Å². The zero-order chi connectivity index (χ0) is 22.4. The second kappa shape index (κ2) is 14.5. The molecule has 9 heteroatoms. The van der Waals surface area contributed by atoms with Crippen molar-refractivity contribution < 1.29 is 23.7 Å². The van der Waals surface area contributed by atoms with Gasteiger partial charge in [-0.2, -0.15) is 0 Å². The molecular weight excluding hydrogens is 412 g/mol. The number of rotatable bonds is 7. The van der Waals surface area contributed by atoms with Gasteiger partial charge in [-0.15, -0.1) is 5.10 Å². The van der Waals surface area contributed by atoms with E-state index in [1.54, 1.807) is 0 Å². The van der Waals surface area contributed by atoms with Crippen molar-refractivity contribution in [1.29, 1.82) is 0 Å². The molecule has 0 radical (unpaired) electrons. The predicted molar refractivity (Wildman–Crippen MR) is 122 cm³/mol. The van der Waals surface area contributed by atoms with E-state index in [0.717, 1.165) is 37.1 Å². The first-order chi connectivity index (χ1) is 15.7. The molecule has 32 heavy (non-hydrogen) atoms. The van der Waals surface area contributed by atoms with Crippen LogP contribution in [0.4, 0.5) is 0 Å². The minimum Gasteiger partial charge on any atom is -0.378 e. The topological polar surface area (TPSA) is 80.1 Å². The summed E-state index contributed by atoms with van der Waals surface area (Å²) in [6.45, 7) is 12.3. The zero-order valence-electron chi connectivity index (χ0n) is 19.5. The third-order valence-electron chi connectivity index (χ3n) is 5.18. The van der Waals surface area contributed by atoms with Gasteiger partial charge in [0.15, 0.2) is 6.23 Å². The predicted octanol–water partition coefficient (Wildman–Crippen LogP) is 2.37. The van der Waals surface area contributed by atoms with Gasteiger partial charge in [-0.05, 0) is 18.1 Å². The first-order valence-electron chi connectivity index (χ1n) is 11.7. The van der Waals surface area contributed by atoms with Crippen molar-refractivity contribution >= 4 is 11.0 Å². The highest BCUT2D eigenvalue weighted by molar-refractivity contribution is 5.73. The number of benzene rings is 1. The van der Waals surface area contributed by atoms with Crippen molar-refractivity contribution in [1.82, 2.24) is 19.9 Å². The van der Waals surface area contributed by atoms with Gasteiger partial charge in [0.1, 0.15) is 5.52 Å². The van der Waals surface area contributed by atoms with E-state index in [-0.39, 0.29) is 6.23 Å². The highest BCUT2D eigenvalue weighted by atomic mass is 16.6. The molecule has 1 aliphatic heterocycles. The molecule has 0 saturated carbocycles. The lowest BCUT2D eigenvalue weighted by molar-refractivity contribution is -0.0310. The third kappa shape index (κ3) is 8.73. The lowest BCUT2D eigenvalue weighted by atomic mass is 10.2. The third-order valence-corrected chi connectivity index (χ3v) is 5.18. The first kappa shape index (κ1) is 25.0. The van der Waals surface area contributed by atoms with Crippen LogP contribution in [0.1, 0.15) is 26.5 Å². The zero-order valence-corrected chi connectivity index (χ0v) is 19.5. The van der Waals surface area contributed by atoms with Gasteiger partial charge in [-0.25, -0.2) is 4.68 Å². The Bertz CT molecular complexity index is 741. The Hall–Kier alpha value is -1.62. The van der Waals surface area contributed by atoms with Gasteiger partial charge < -0.3 is 23.7 Å². The van der Waals surface area contributed by atoms with Gasteiger partial charge in [0.25, 0.3) is 0 Å². The molecule has 2 heterocycles. The minimum absolute atomic E-state index is 0.176. The summed E-state index contributed by atoms with van der Waals surface area (Å²) < 4.78 is 30.7. The van der Waals surface area contributed by atoms with Gasteiger partial charge >= 0.3 is 0 Å². The van der Waals surface area contributed by atoms with Crippen molar-refractivity contribution in [2.24, 2.45) is 5.92 Å². The maximum atomic E-state index is 6.27. The van der Waals surface area contributed by atoms with Crippen LogP contribution in [0, 0.1) is 5.92 Å². The lowest BCUT2D eigenvalue weighted by Gasteiger charge is -2.26. The molecular formula is C23H38N4O5. The average Bonchev–Trinajstić information content (AvgIpc) is 3.21. The Kier molecular flexibility index (Phi) is 11.3. The number of hydrogen-bond acceptors (Lipinski definition) is 8. The number of ether oxygens (including phenoxy) is 5. The summed E-state index contributed by atoms with van der Waals surface area (Å²) in [7, 11) is 0. The van der Waals surface area contributed by atoms with E-state index in [4.69, 9.17) is 23.7 Å². The molecule has 0 amide bonds. The molecule has 1 saturated heterocycles. The van der Waals surface area contributed by atoms with E-state index in [9.17, 15) is 0 Å². The molecule has 0 N–H and O–H groups in total. The van der Waals surface area contributed by atoms with Crippen molar-refractivity contribution in [3.05, 3.63) is 24.3 Å². The monoisotopic (exact) mass is 450 g/mol. The molecule has 3 rings (SSSR count). The summed E-state index contributed by atoms with van der Waals surface area (Å²) in [6.07, 6.45) is 0.622. The summed E-state index contributed by atoms with van der Waals surface area (Å²) in [5, 5.41) is 8.71. The van der Waals surface area contributed by atoms with Crippen molar-refractivity contribution in [2.45, 2.75) is 26.5 Å². The van der Waals surface area contributed by atoms with Crippen LogP contribution in [0.5, 0.6) is 0 Å². The van der Waals surface area contributed by atoms with Crippen LogP contribution in [-0.4, -0.2) is 99.0 Å². The van der Waals surface area contributed by atoms with Crippen LogP contribution in [0.15, 0.2) is 24.3 Å². The van der Waals surface area contributed by atoms with E-state index >= 15 is 0 Å². The minimum atomic E-state index is -0.176. The van der Waals surface area contributed by atoms with E-state index in [2.05, 4.69) is 29.1 Å². The largest absolute Gasteiger partial charge is 0.378 e. The smallest absolute Gasteiger partial charge is 0.153 e. The number of para-hydroxylation sites is 1. The summed E-state index contributed by atoms with van der Waals surface area (Å²) in [5.74, 6) is 0.442. The van der Waals surface area contributed by atoms with Gasteiger partial charge in [0, 0.05) is 26.1 Å². The van der Waals surface area contributed by atoms with E-state index < -0.39 is 0 Å². The fourth-order valence-electron chi connectivity index (χ4n) is 3.46. The molecule has 1 aliphatic rings. The SMILES string of the molecule is CC(C)COC(CCN1CCOCCOCCOCCOCC1)n1nnc2ccccc21. The van der Waals surface area contributed by atoms with Crippen LogP contribution in [0.25, 0.3) is 11.0 Å². The normalized spacial score (nSPS) is 19.6. The van der Waals surface area contributed by atoms with Gasteiger partial charge in [0.2, 0.25) is 0 Å². The number of aromatic nitrogens is 3. The lowest BCUT2D eigenvalue weighted by Crippen LogP contribution is -2.34. The summed E-state index contributed by atoms with van der Waals surface area (Å²) in [4.78, 5) is 2.35. The molecule has 1 aromatic carbocycles. The standard InChI is InChI=1S/C23H38N4O5/c1-20(2)19-32-23(27-22-6-4-3-5-21(22)24-25-27)7-8-26-9-11-28-13-15-30-17-18-31-16-14-29-12-10-26/h3-6,20,23H,7-19H2,1-2H3. The highest BCUT2D eigenvalue weighted by Crippen LogP contribution is 2.20. The van der Waals surface area contributed by atoms with Crippen LogP contribution in [-0.2, 0) is 23.7 Å². The van der Waals surface area contributed by atoms with Crippen molar-refractivity contribution in [3.8, 4) is 0 Å². The van der Waals surface area contributed by atoms with E-state index in [0.29, 0.717) is 65.4 Å². The molecule has 1 fully saturated rings. The molecule has 9 nitrogen and oxygen atoms in total. The first-order valence-corrected chi connectivity index (χ1v) is 11.7. The van der Waals surface area contributed by atoms with Crippen LogP contribution in [0.2, 0.25) is 0 Å². The molecule has 2 aromatic rings. The molecule has 1 unspecified atom stereocenters. The fraction of sp³-hybridized carbons (Fsp3) is 0.739. The molecule has 0 aliphatic carbocycles. The second-order valence-corrected chi connectivity index (χ2v) is 8.28. The van der Waals surface area contributed by atoms with E-state index in [1.165, 1.54) is 0 Å².